The summed E-state index contributed by atoms with van der Waals surface area (Å²) in [6.07, 6.45) is 0. The minimum absolute atomic E-state index is 0.0375. The van der Waals surface area contributed by atoms with E-state index in [2.05, 4.69) is 4.98 Å². The molecule has 0 bridgehead atoms. The minimum atomic E-state index is -0.545. The first kappa shape index (κ1) is 14.9. The van der Waals surface area contributed by atoms with E-state index in [4.69, 9.17) is 4.74 Å². The molecule has 8 heteroatoms. The fourth-order valence-corrected chi connectivity index (χ4v) is 1.76. The Morgan fingerprint density at radius 1 is 1.53 bits per heavy atom. The molecule has 0 saturated carbocycles. The number of anilines is 1. The van der Waals surface area contributed by atoms with E-state index in [0.717, 1.165) is 0 Å². The second-order valence-corrected chi connectivity index (χ2v) is 3.94. The molecule has 1 rings (SSSR count). The van der Waals surface area contributed by atoms with Gasteiger partial charge in [-0.3, -0.25) is 9.36 Å². The summed E-state index contributed by atoms with van der Waals surface area (Å²) < 4.78 is 6.46. The molecule has 0 fully saturated rings. The van der Waals surface area contributed by atoms with Crippen molar-refractivity contribution in [3.63, 3.8) is 0 Å². The molecule has 0 aromatic carbocycles. The van der Waals surface area contributed by atoms with Crippen LogP contribution in [0.15, 0.2) is 0 Å². The van der Waals surface area contributed by atoms with Crippen molar-refractivity contribution >= 4 is 17.6 Å². The predicted molar refractivity (Wildman–Crippen MR) is 69.1 cm³/mol. The van der Waals surface area contributed by atoms with Crippen LogP contribution in [-0.2, 0) is 16.6 Å². The largest absolute Gasteiger partial charge is 0.465 e. The third kappa shape index (κ3) is 3.21. The van der Waals surface area contributed by atoms with E-state index in [1.54, 1.807) is 30.4 Å². The van der Waals surface area contributed by atoms with E-state index in [0.29, 0.717) is 18.2 Å². The third-order valence-electron chi connectivity index (χ3n) is 2.75. The number of aryl methyl sites for hydroxylation is 1. The molecule has 0 amide bonds. The van der Waals surface area contributed by atoms with Crippen LogP contribution in [0.1, 0.15) is 19.7 Å². The van der Waals surface area contributed by atoms with E-state index in [1.807, 2.05) is 6.92 Å². The summed E-state index contributed by atoms with van der Waals surface area (Å²) in [7, 11) is 1.68. The average Bonchev–Trinajstić information content (AvgIpc) is 2.64. The number of aromatic nitrogens is 2. The smallest absolute Gasteiger partial charge is 0.406 e. The van der Waals surface area contributed by atoms with Gasteiger partial charge in [-0.25, -0.2) is 0 Å². The zero-order valence-electron chi connectivity index (χ0n) is 11.5. The van der Waals surface area contributed by atoms with Crippen LogP contribution in [0.25, 0.3) is 0 Å². The predicted octanol–water partition coefficient (Wildman–Crippen LogP) is 1.03. The van der Waals surface area contributed by atoms with Crippen LogP contribution < -0.4 is 4.90 Å². The number of imidazole rings is 1. The van der Waals surface area contributed by atoms with Crippen molar-refractivity contribution in [2.45, 2.75) is 20.8 Å². The Morgan fingerprint density at radius 3 is 2.63 bits per heavy atom. The number of carbonyl (C=O) groups is 1. The van der Waals surface area contributed by atoms with Crippen molar-refractivity contribution in [1.82, 2.24) is 9.55 Å². The van der Waals surface area contributed by atoms with Crippen LogP contribution in [0.3, 0.4) is 0 Å². The van der Waals surface area contributed by atoms with Gasteiger partial charge in [0.2, 0.25) is 11.6 Å². The highest BCUT2D eigenvalue weighted by atomic mass is 16.6. The van der Waals surface area contributed by atoms with Crippen molar-refractivity contribution in [2.75, 3.05) is 24.6 Å². The van der Waals surface area contributed by atoms with Crippen LogP contribution in [0, 0.1) is 17.0 Å². The van der Waals surface area contributed by atoms with Crippen LogP contribution in [0.2, 0.25) is 0 Å². The van der Waals surface area contributed by atoms with Gasteiger partial charge in [0.25, 0.3) is 0 Å². The number of hydrogen-bond donors (Lipinski definition) is 0. The SMILES string of the molecule is CCOC(=O)CN(CC)c1c([N+](=O)[O-])nc(C)n1C. The molecule has 19 heavy (non-hydrogen) atoms. The molecule has 106 valence electrons. The van der Waals surface area contributed by atoms with Crippen LogP contribution >= 0.6 is 0 Å². The van der Waals surface area contributed by atoms with Gasteiger partial charge in [0.15, 0.2) is 0 Å². The van der Waals surface area contributed by atoms with Crippen molar-refractivity contribution < 1.29 is 14.5 Å². The van der Waals surface area contributed by atoms with Crippen molar-refractivity contribution in [1.29, 1.82) is 0 Å². The van der Waals surface area contributed by atoms with E-state index >= 15 is 0 Å². The van der Waals surface area contributed by atoms with Crippen LogP contribution in [0.5, 0.6) is 0 Å². The number of nitro groups is 1. The molecule has 0 unspecified atom stereocenters. The van der Waals surface area contributed by atoms with Gasteiger partial charge >= 0.3 is 11.8 Å². The van der Waals surface area contributed by atoms with Gasteiger partial charge in [-0.2, -0.15) is 0 Å². The molecule has 0 atom stereocenters. The van der Waals surface area contributed by atoms with Gasteiger partial charge in [-0.1, -0.05) is 0 Å². The minimum Gasteiger partial charge on any atom is -0.465 e. The van der Waals surface area contributed by atoms with E-state index in [-0.39, 0.29) is 19.0 Å². The summed E-state index contributed by atoms with van der Waals surface area (Å²) in [5, 5.41) is 11.0. The van der Waals surface area contributed by atoms with Gasteiger partial charge in [-0.05, 0) is 23.8 Å². The second-order valence-electron chi connectivity index (χ2n) is 3.94. The quantitative estimate of drug-likeness (QED) is 0.435. The Hall–Kier alpha value is -2.12. The normalized spacial score (nSPS) is 10.3. The van der Waals surface area contributed by atoms with E-state index < -0.39 is 10.9 Å². The summed E-state index contributed by atoms with van der Waals surface area (Å²) >= 11 is 0. The van der Waals surface area contributed by atoms with Crippen LogP contribution in [0.4, 0.5) is 11.6 Å². The number of esters is 1. The molecule has 0 aliphatic carbocycles. The molecule has 0 aliphatic heterocycles. The Bertz CT molecular complexity index is 483. The first-order valence-corrected chi connectivity index (χ1v) is 6.00. The fraction of sp³-hybridized carbons (Fsp3) is 0.636. The topological polar surface area (TPSA) is 90.5 Å². The van der Waals surface area contributed by atoms with Gasteiger partial charge in [0.1, 0.15) is 6.54 Å². The van der Waals surface area contributed by atoms with Gasteiger partial charge in [0.05, 0.1) is 6.61 Å². The maximum atomic E-state index is 11.5. The van der Waals surface area contributed by atoms with Crippen LogP contribution in [-0.4, -0.2) is 40.1 Å². The molecule has 0 N–H and O–H groups in total. The molecule has 8 nitrogen and oxygen atoms in total. The first-order valence-electron chi connectivity index (χ1n) is 6.00. The lowest BCUT2D eigenvalue weighted by molar-refractivity contribution is -0.388. The number of likely N-dealkylation sites (N-methyl/N-ethyl adjacent to an activating group) is 1. The summed E-state index contributed by atoms with van der Waals surface area (Å²) in [5.74, 6) is 0.172. The molecule has 0 saturated heterocycles. The highest BCUT2D eigenvalue weighted by Gasteiger charge is 2.28. The van der Waals surface area contributed by atoms with Gasteiger partial charge in [0, 0.05) is 20.5 Å². The Kier molecular flexibility index (Phi) is 4.85. The molecule has 0 spiro atoms. The van der Waals surface area contributed by atoms with Gasteiger partial charge < -0.3 is 19.8 Å². The van der Waals surface area contributed by atoms with Gasteiger partial charge in [-0.15, -0.1) is 0 Å². The maximum absolute atomic E-state index is 11.5. The number of nitrogens with zero attached hydrogens (tertiary/aromatic N) is 4. The highest BCUT2D eigenvalue weighted by molar-refractivity contribution is 5.76. The highest BCUT2D eigenvalue weighted by Crippen LogP contribution is 2.27. The monoisotopic (exact) mass is 270 g/mol. The Labute approximate surface area is 111 Å². The summed E-state index contributed by atoms with van der Waals surface area (Å²) in [4.78, 5) is 27.5. The lowest BCUT2D eigenvalue weighted by Gasteiger charge is -2.20. The molecule has 1 aromatic rings. The Morgan fingerprint density at radius 2 is 2.16 bits per heavy atom. The molecular formula is C11H18N4O4. The van der Waals surface area contributed by atoms with Crippen molar-refractivity contribution in [3.05, 3.63) is 15.9 Å². The second kappa shape index (κ2) is 6.17. The first-order chi connectivity index (χ1) is 8.92. The van der Waals surface area contributed by atoms with Crippen molar-refractivity contribution in [2.24, 2.45) is 7.05 Å². The van der Waals surface area contributed by atoms with E-state index in [9.17, 15) is 14.9 Å². The molecule has 1 aromatic heterocycles. The summed E-state index contributed by atoms with van der Waals surface area (Å²) in [6.45, 7) is 5.89. The summed E-state index contributed by atoms with van der Waals surface area (Å²) in [5.41, 5.74) is 0. The zero-order valence-corrected chi connectivity index (χ0v) is 11.5. The van der Waals surface area contributed by atoms with E-state index in [1.165, 1.54) is 0 Å². The Balaban J connectivity index is 3.10. The zero-order chi connectivity index (χ0) is 14.6. The number of carbonyl (C=O) groups excluding carboxylic acids is 1. The number of rotatable bonds is 6. The number of ether oxygens (including phenoxy) is 1. The molecular weight excluding hydrogens is 252 g/mol. The average molecular weight is 270 g/mol. The van der Waals surface area contributed by atoms with Crippen molar-refractivity contribution in [3.8, 4) is 0 Å². The standard InChI is InChI=1S/C11H18N4O4/c1-5-14(7-9(16)19-6-2)11-10(15(17)18)12-8(3)13(11)4/h5-7H2,1-4H3. The molecule has 0 radical (unpaired) electrons. The molecule has 1 heterocycles. The lowest BCUT2D eigenvalue weighted by atomic mass is 10.4. The summed E-state index contributed by atoms with van der Waals surface area (Å²) in [6, 6.07) is 0. The molecule has 0 aliphatic rings. The lowest BCUT2D eigenvalue weighted by Crippen LogP contribution is -2.32. The number of hydrogen-bond acceptors (Lipinski definition) is 6. The maximum Gasteiger partial charge on any atom is 0.406 e. The third-order valence-corrected chi connectivity index (χ3v) is 2.75. The fourth-order valence-electron chi connectivity index (χ4n) is 1.76.